The van der Waals surface area contributed by atoms with Crippen molar-refractivity contribution in [2.75, 3.05) is 5.32 Å². The van der Waals surface area contributed by atoms with Crippen LogP contribution in [0.4, 0.5) is 10.5 Å². The van der Waals surface area contributed by atoms with Crippen LogP contribution in [-0.4, -0.2) is 28.1 Å². The summed E-state index contributed by atoms with van der Waals surface area (Å²) in [6, 6.07) is 1.46. The molecular weight excluding hydrogens is 258 g/mol. The van der Waals surface area contributed by atoms with Crippen molar-refractivity contribution in [3.8, 4) is 0 Å². The van der Waals surface area contributed by atoms with Gasteiger partial charge in [0.1, 0.15) is 5.69 Å². The summed E-state index contributed by atoms with van der Waals surface area (Å²) in [5, 5.41) is 14.6. The van der Waals surface area contributed by atoms with Gasteiger partial charge in [-0.1, -0.05) is 6.92 Å². The van der Waals surface area contributed by atoms with Gasteiger partial charge in [-0.25, -0.2) is 9.59 Å². The highest BCUT2D eigenvalue weighted by atomic mass is 16.4. The predicted molar refractivity (Wildman–Crippen MR) is 76.1 cm³/mol. The fourth-order valence-corrected chi connectivity index (χ4v) is 2.60. The summed E-state index contributed by atoms with van der Waals surface area (Å²) in [5.74, 6) is -0.359. The summed E-state index contributed by atoms with van der Waals surface area (Å²) >= 11 is 0. The monoisotopic (exact) mass is 279 g/mol. The molecular formula is C14H21N3O3. The Morgan fingerprint density at radius 1 is 1.30 bits per heavy atom. The number of aryl methyl sites for hydroxylation is 1. The Bertz CT molecular complexity index is 502. The SMILES string of the molecule is Cc1cc(NC(=O)NC2CCC(C)CC2)c(C(=O)O)[nH]1. The van der Waals surface area contributed by atoms with Gasteiger partial charge in [0.05, 0.1) is 5.69 Å². The maximum atomic E-state index is 11.9. The molecule has 0 bridgehead atoms. The number of anilines is 1. The summed E-state index contributed by atoms with van der Waals surface area (Å²) in [4.78, 5) is 25.7. The lowest BCUT2D eigenvalue weighted by atomic mass is 9.87. The molecule has 0 spiro atoms. The number of amides is 2. The van der Waals surface area contributed by atoms with Crippen LogP contribution in [0.1, 0.15) is 48.8 Å². The molecule has 1 saturated carbocycles. The van der Waals surface area contributed by atoms with Crippen LogP contribution in [0.5, 0.6) is 0 Å². The zero-order chi connectivity index (χ0) is 14.7. The number of aromatic nitrogens is 1. The second-order valence-electron chi connectivity index (χ2n) is 5.60. The Morgan fingerprint density at radius 3 is 2.55 bits per heavy atom. The summed E-state index contributed by atoms with van der Waals surface area (Å²) in [6.07, 6.45) is 4.20. The number of carbonyl (C=O) groups excluding carboxylic acids is 1. The van der Waals surface area contributed by atoms with Crippen LogP contribution in [0.3, 0.4) is 0 Å². The van der Waals surface area contributed by atoms with Crippen molar-refractivity contribution in [3.05, 3.63) is 17.5 Å². The topological polar surface area (TPSA) is 94.2 Å². The molecule has 20 heavy (non-hydrogen) atoms. The number of aromatic amines is 1. The summed E-state index contributed by atoms with van der Waals surface area (Å²) < 4.78 is 0. The third-order valence-electron chi connectivity index (χ3n) is 3.77. The molecule has 6 nitrogen and oxygen atoms in total. The van der Waals surface area contributed by atoms with E-state index in [1.54, 1.807) is 13.0 Å². The fourth-order valence-electron chi connectivity index (χ4n) is 2.60. The van der Waals surface area contributed by atoms with Gasteiger partial charge in [0.15, 0.2) is 0 Å². The quantitative estimate of drug-likeness (QED) is 0.685. The zero-order valence-corrected chi connectivity index (χ0v) is 11.8. The smallest absolute Gasteiger partial charge is 0.354 e. The van der Waals surface area contributed by atoms with Gasteiger partial charge < -0.3 is 20.7 Å². The lowest BCUT2D eigenvalue weighted by molar-refractivity contribution is 0.0692. The van der Waals surface area contributed by atoms with Gasteiger partial charge in [-0.15, -0.1) is 0 Å². The first-order valence-corrected chi connectivity index (χ1v) is 6.96. The maximum Gasteiger partial charge on any atom is 0.354 e. The van der Waals surface area contributed by atoms with Crippen LogP contribution >= 0.6 is 0 Å². The number of carbonyl (C=O) groups is 2. The van der Waals surface area contributed by atoms with Crippen LogP contribution in [-0.2, 0) is 0 Å². The van der Waals surface area contributed by atoms with Crippen LogP contribution in [0, 0.1) is 12.8 Å². The molecule has 2 amide bonds. The number of aromatic carboxylic acids is 1. The number of hydrogen-bond acceptors (Lipinski definition) is 2. The molecule has 1 aromatic heterocycles. The van der Waals surface area contributed by atoms with Gasteiger partial charge in [-0.3, -0.25) is 0 Å². The minimum atomic E-state index is -1.08. The molecule has 4 N–H and O–H groups in total. The Labute approximate surface area is 118 Å². The first kappa shape index (κ1) is 14.4. The van der Waals surface area contributed by atoms with E-state index in [0.717, 1.165) is 31.6 Å². The number of urea groups is 1. The molecule has 6 heteroatoms. The normalized spacial score (nSPS) is 22.3. The minimum Gasteiger partial charge on any atom is -0.477 e. The van der Waals surface area contributed by atoms with E-state index < -0.39 is 5.97 Å². The van der Waals surface area contributed by atoms with Gasteiger partial charge in [0, 0.05) is 11.7 Å². The number of carboxylic acids is 1. The van der Waals surface area contributed by atoms with E-state index in [9.17, 15) is 9.59 Å². The molecule has 0 saturated heterocycles. The second kappa shape index (κ2) is 5.98. The Kier molecular flexibility index (Phi) is 4.32. The van der Waals surface area contributed by atoms with E-state index in [4.69, 9.17) is 5.11 Å². The summed E-state index contributed by atoms with van der Waals surface area (Å²) in [5.41, 5.74) is 1.01. The number of H-pyrrole nitrogens is 1. The molecule has 0 radical (unpaired) electrons. The lowest BCUT2D eigenvalue weighted by Gasteiger charge is -2.26. The summed E-state index contributed by atoms with van der Waals surface area (Å²) in [7, 11) is 0. The molecule has 1 fully saturated rings. The van der Waals surface area contributed by atoms with E-state index in [1.807, 2.05) is 0 Å². The highest BCUT2D eigenvalue weighted by Crippen LogP contribution is 2.23. The second-order valence-corrected chi connectivity index (χ2v) is 5.60. The first-order valence-electron chi connectivity index (χ1n) is 6.96. The van der Waals surface area contributed by atoms with Gasteiger partial charge in [-0.2, -0.15) is 0 Å². The molecule has 0 aromatic carbocycles. The van der Waals surface area contributed by atoms with E-state index in [1.165, 1.54) is 0 Å². The van der Waals surface area contributed by atoms with Gasteiger partial charge in [-0.05, 0) is 44.6 Å². The Balaban J connectivity index is 1.93. The van der Waals surface area contributed by atoms with Crippen molar-refractivity contribution in [1.82, 2.24) is 10.3 Å². The van der Waals surface area contributed by atoms with E-state index in [-0.39, 0.29) is 17.8 Å². The molecule has 0 atom stereocenters. The van der Waals surface area contributed by atoms with E-state index in [0.29, 0.717) is 11.4 Å². The average Bonchev–Trinajstić information content (AvgIpc) is 2.73. The zero-order valence-electron chi connectivity index (χ0n) is 11.8. The van der Waals surface area contributed by atoms with E-state index in [2.05, 4.69) is 22.5 Å². The lowest BCUT2D eigenvalue weighted by Crippen LogP contribution is -2.40. The third kappa shape index (κ3) is 3.53. The third-order valence-corrected chi connectivity index (χ3v) is 3.77. The molecule has 110 valence electrons. The van der Waals surface area contributed by atoms with E-state index >= 15 is 0 Å². The van der Waals surface area contributed by atoms with Crippen molar-refractivity contribution in [2.24, 2.45) is 5.92 Å². The summed E-state index contributed by atoms with van der Waals surface area (Å²) in [6.45, 7) is 3.97. The standard InChI is InChI=1S/C14H21N3O3/c1-8-3-5-10(6-4-8)16-14(20)17-11-7-9(2)15-12(11)13(18)19/h7-8,10,15H,3-6H2,1-2H3,(H,18,19)(H2,16,17,20). The number of rotatable bonds is 3. The molecule has 0 unspecified atom stereocenters. The van der Waals surface area contributed by atoms with Crippen molar-refractivity contribution in [1.29, 1.82) is 0 Å². The number of hydrogen-bond donors (Lipinski definition) is 4. The van der Waals surface area contributed by atoms with Crippen molar-refractivity contribution in [2.45, 2.75) is 45.6 Å². The van der Waals surface area contributed by atoms with Crippen molar-refractivity contribution in [3.63, 3.8) is 0 Å². The first-order chi connectivity index (χ1) is 9.45. The largest absolute Gasteiger partial charge is 0.477 e. The number of nitrogens with one attached hydrogen (secondary N) is 3. The van der Waals surface area contributed by atoms with Gasteiger partial charge in [0.25, 0.3) is 0 Å². The highest BCUT2D eigenvalue weighted by molar-refractivity contribution is 5.99. The van der Waals surface area contributed by atoms with Crippen LogP contribution in [0.15, 0.2) is 6.07 Å². The Hall–Kier alpha value is -1.98. The molecule has 1 aliphatic rings. The molecule has 0 aliphatic heterocycles. The fraction of sp³-hybridized carbons (Fsp3) is 0.571. The highest BCUT2D eigenvalue weighted by Gasteiger charge is 2.21. The molecule has 1 aromatic rings. The van der Waals surface area contributed by atoms with Crippen molar-refractivity contribution < 1.29 is 14.7 Å². The Morgan fingerprint density at radius 2 is 1.95 bits per heavy atom. The maximum absolute atomic E-state index is 11.9. The van der Waals surface area contributed by atoms with Crippen LogP contribution in [0.25, 0.3) is 0 Å². The molecule has 2 rings (SSSR count). The molecule has 1 aliphatic carbocycles. The van der Waals surface area contributed by atoms with Crippen LogP contribution in [0.2, 0.25) is 0 Å². The predicted octanol–water partition coefficient (Wildman–Crippen LogP) is 2.72. The molecule has 1 heterocycles. The van der Waals surface area contributed by atoms with Gasteiger partial charge >= 0.3 is 12.0 Å². The average molecular weight is 279 g/mol. The number of carboxylic acid groups (broad SMARTS) is 1. The van der Waals surface area contributed by atoms with Gasteiger partial charge in [0.2, 0.25) is 0 Å². The van der Waals surface area contributed by atoms with Crippen LogP contribution < -0.4 is 10.6 Å². The minimum absolute atomic E-state index is 0.00918. The van der Waals surface area contributed by atoms with Crippen molar-refractivity contribution >= 4 is 17.7 Å².